The zero-order chi connectivity index (χ0) is 18.6. The lowest BCUT2D eigenvalue weighted by Crippen LogP contribution is -2.38. The van der Waals surface area contributed by atoms with E-state index in [0.29, 0.717) is 0 Å². The second kappa shape index (κ2) is 8.86. The fourth-order valence-electron chi connectivity index (χ4n) is 4.41. The van der Waals surface area contributed by atoms with E-state index in [1.165, 1.54) is 67.3 Å². The quantitative estimate of drug-likeness (QED) is 0.826. The number of hydrogen-bond acceptors (Lipinski definition) is 5. The average Bonchev–Trinajstić information content (AvgIpc) is 3.16. The Morgan fingerprint density at radius 3 is 3.00 bits per heavy atom. The first-order valence-corrected chi connectivity index (χ1v) is 11.3. The van der Waals surface area contributed by atoms with E-state index < -0.39 is 0 Å². The average molecular weight is 388 g/mol. The Kier molecular flexibility index (Phi) is 6.28. The Balaban J connectivity index is 1.35. The summed E-state index contributed by atoms with van der Waals surface area (Å²) >= 11 is 1.86. The highest BCUT2D eigenvalue weighted by Crippen LogP contribution is 2.20. The van der Waals surface area contributed by atoms with Gasteiger partial charge in [-0.3, -0.25) is 14.5 Å². The first-order valence-electron chi connectivity index (χ1n) is 10.4. The third kappa shape index (κ3) is 4.99. The molecule has 4 rings (SSSR count). The summed E-state index contributed by atoms with van der Waals surface area (Å²) in [6, 6.07) is 4.55. The molecule has 1 saturated heterocycles. The van der Waals surface area contributed by atoms with Gasteiger partial charge in [0.25, 0.3) is 0 Å². The van der Waals surface area contributed by atoms with E-state index in [9.17, 15) is 0 Å². The molecule has 1 atom stereocenters. The number of nitrogens with one attached hydrogen (secondary N) is 1. The standard InChI is InChI=1S/C21H33N5S/c1-17-6-10-27-21(17)16-24(2)14-19-11-20-15-25(8-4-9-26(20)23-19)13-18-5-3-7-22-12-18/h6,10-11,18,22H,3-5,7-9,12-16H2,1-2H3/t18-/m1/s1. The van der Waals surface area contributed by atoms with Crippen LogP contribution in [0.4, 0.5) is 0 Å². The fourth-order valence-corrected chi connectivity index (χ4v) is 5.40. The van der Waals surface area contributed by atoms with E-state index in [-0.39, 0.29) is 0 Å². The van der Waals surface area contributed by atoms with Gasteiger partial charge in [-0.1, -0.05) is 0 Å². The van der Waals surface area contributed by atoms with Crippen molar-refractivity contribution in [1.82, 2.24) is 24.9 Å². The molecule has 0 bridgehead atoms. The van der Waals surface area contributed by atoms with Crippen LogP contribution in [0, 0.1) is 12.8 Å². The maximum atomic E-state index is 4.92. The lowest BCUT2D eigenvalue weighted by Gasteiger charge is -2.29. The van der Waals surface area contributed by atoms with Crippen LogP contribution >= 0.6 is 11.3 Å². The predicted molar refractivity (Wildman–Crippen MR) is 112 cm³/mol. The number of thiophene rings is 1. The lowest BCUT2D eigenvalue weighted by molar-refractivity contribution is 0.203. The highest BCUT2D eigenvalue weighted by molar-refractivity contribution is 7.10. The number of nitrogens with zero attached hydrogens (tertiary/aromatic N) is 4. The van der Waals surface area contributed by atoms with Crippen LogP contribution in [0.2, 0.25) is 0 Å². The van der Waals surface area contributed by atoms with Crippen molar-refractivity contribution >= 4 is 11.3 Å². The molecule has 0 amide bonds. The summed E-state index contributed by atoms with van der Waals surface area (Å²) in [5.41, 5.74) is 4.01. The Morgan fingerprint density at radius 1 is 1.30 bits per heavy atom. The predicted octanol–water partition coefficient (Wildman–Crippen LogP) is 3.09. The fraction of sp³-hybridized carbons (Fsp3) is 0.667. The van der Waals surface area contributed by atoms with Crippen molar-refractivity contribution < 1.29 is 0 Å². The highest BCUT2D eigenvalue weighted by Gasteiger charge is 2.21. The summed E-state index contributed by atoms with van der Waals surface area (Å²) in [6.45, 7) is 11.1. The van der Waals surface area contributed by atoms with E-state index in [2.05, 4.69) is 51.3 Å². The second-order valence-electron chi connectivity index (χ2n) is 8.35. The van der Waals surface area contributed by atoms with Gasteiger partial charge in [-0.05, 0) is 75.3 Å². The third-order valence-corrected chi connectivity index (χ3v) is 6.88. The molecule has 0 radical (unpaired) electrons. The van der Waals surface area contributed by atoms with E-state index in [1.807, 2.05) is 11.3 Å². The van der Waals surface area contributed by atoms with Crippen LogP contribution in [0.25, 0.3) is 0 Å². The molecule has 148 valence electrons. The van der Waals surface area contributed by atoms with E-state index >= 15 is 0 Å². The SMILES string of the molecule is Cc1ccsc1CN(C)Cc1cc2n(n1)CCCN(C[C@@H]1CCCNC1)C2. The molecule has 2 aromatic rings. The number of rotatable bonds is 6. The number of aryl methyl sites for hydroxylation is 2. The Bertz CT molecular complexity index is 731. The zero-order valence-electron chi connectivity index (χ0n) is 16.8. The zero-order valence-corrected chi connectivity index (χ0v) is 17.6. The molecule has 27 heavy (non-hydrogen) atoms. The summed E-state index contributed by atoms with van der Waals surface area (Å²) in [6.07, 6.45) is 3.91. The van der Waals surface area contributed by atoms with Crippen LogP contribution < -0.4 is 5.32 Å². The topological polar surface area (TPSA) is 36.3 Å². The normalized spacial score (nSPS) is 21.4. The van der Waals surface area contributed by atoms with Crippen LogP contribution in [-0.4, -0.2) is 52.8 Å². The minimum atomic E-state index is 0.813. The van der Waals surface area contributed by atoms with Gasteiger partial charge in [-0.15, -0.1) is 11.3 Å². The molecule has 6 heteroatoms. The van der Waals surface area contributed by atoms with Crippen LogP contribution in [0.3, 0.4) is 0 Å². The van der Waals surface area contributed by atoms with Crippen molar-refractivity contribution in [2.75, 3.05) is 33.2 Å². The van der Waals surface area contributed by atoms with Crippen LogP contribution in [0.15, 0.2) is 17.5 Å². The molecule has 0 aromatic carbocycles. The maximum absolute atomic E-state index is 4.92. The maximum Gasteiger partial charge on any atom is 0.0768 e. The van der Waals surface area contributed by atoms with Gasteiger partial charge in [0, 0.05) is 44.1 Å². The minimum absolute atomic E-state index is 0.813. The van der Waals surface area contributed by atoms with Crippen molar-refractivity contribution in [3.05, 3.63) is 39.3 Å². The van der Waals surface area contributed by atoms with Gasteiger partial charge in [-0.25, -0.2) is 0 Å². The smallest absolute Gasteiger partial charge is 0.0768 e. The van der Waals surface area contributed by atoms with Crippen molar-refractivity contribution in [3.63, 3.8) is 0 Å². The van der Waals surface area contributed by atoms with E-state index in [4.69, 9.17) is 5.10 Å². The molecule has 0 spiro atoms. The monoisotopic (exact) mass is 387 g/mol. The van der Waals surface area contributed by atoms with Crippen LogP contribution in [0.1, 0.15) is 41.1 Å². The molecule has 4 heterocycles. The third-order valence-electron chi connectivity index (χ3n) is 5.87. The summed E-state index contributed by atoms with van der Waals surface area (Å²) in [7, 11) is 2.20. The van der Waals surface area contributed by atoms with Gasteiger partial charge in [0.05, 0.1) is 11.4 Å². The van der Waals surface area contributed by atoms with Gasteiger partial charge < -0.3 is 5.32 Å². The van der Waals surface area contributed by atoms with Gasteiger partial charge in [0.2, 0.25) is 0 Å². The van der Waals surface area contributed by atoms with Gasteiger partial charge in [-0.2, -0.15) is 5.10 Å². The number of aromatic nitrogens is 2. The molecule has 0 aliphatic carbocycles. The van der Waals surface area contributed by atoms with Crippen molar-refractivity contribution in [2.24, 2.45) is 5.92 Å². The number of hydrogen-bond donors (Lipinski definition) is 1. The molecule has 2 aliphatic rings. The van der Waals surface area contributed by atoms with E-state index in [0.717, 1.165) is 32.1 Å². The summed E-state index contributed by atoms with van der Waals surface area (Å²) in [5, 5.41) is 10.7. The molecular weight excluding hydrogens is 354 g/mol. The molecule has 2 aliphatic heterocycles. The minimum Gasteiger partial charge on any atom is -0.316 e. The highest BCUT2D eigenvalue weighted by atomic mass is 32.1. The summed E-state index contributed by atoms with van der Waals surface area (Å²) < 4.78 is 2.26. The van der Waals surface area contributed by atoms with Gasteiger partial charge in [0.15, 0.2) is 0 Å². The Labute approximate surface area is 167 Å². The van der Waals surface area contributed by atoms with Crippen molar-refractivity contribution in [1.29, 1.82) is 0 Å². The van der Waals surface area contributed by atoms with Gasteiger partial charge in [0.1, 0.15) is 0 Å². The van der Waals surface area contributed by atoms with Crippen molar-refractivity contribution in [2.45, 2.75) is 52.4 Å². The lowest BCUT2D eigenvalue weighted by atomic mass is 9.99. The molecule has 0 unspecified atom stereocenters. The van der Waals surface area contributed by atoms with Crippen LogP contribution in [0.5, 0.6) is 0 Å². The number of piperidine rings is 1. The van der Waals surface area contributed by atoms with Gasteiger partial charge >= 0.3 is 0 Å². The second-order valence-corrected chi connectivity index (χ2v) is 9.35. The summed E-state index contributed by atoms with van der Waals surface area (Å²) in [5.74, 6) is 0.813. The molecule has 1 fully saturated rings. The first-order chi connectivity index (χ1) is 13.2. The Hall–Kier alpha value is -1.21. The molecule has 2 aromatic heterocycles. The largest absolute Gasteiger partial charge is 0.316 e. The number of fused-ring (bicyclic) bond motifs is 1. The Morgan fingerprint density at radius 2 is 2.22 bits per heavy atom. The van der Waals surface area contributed by atoms with Crippen molar-refractivity contribution in [3.8, 4) is 0 Å². The van der Waals surface area contributed by atoms with E-state index in [1.54, 1.807) is 0 Å². The molecule has 1 N–H and O–H groups in total. The summed E-state index contributed by atoms with van der Waals surface area (Å²) in [4.78, 5) is 6.50. The molecule has 0 saturated carbocycles. The molecule has 5 nitrogen and oxygen atoms in total. The van der Waals surface area contributed by atoms with Crippen LogP contribution in [-0.2, 0) is 26.2 Å². The molecular formula is C21H33N5S. The first kappa shape index (κ1) is 19.1.